The van der Waals surface area contributed by atoms with E-state index in [-0.39, 0.29) is 19.6 Å². The van der Waals surface area contributed by atoms with Gasteiger partial charge >= 0.3 is 16.4 Å². The van der Waals surface area contributed by atoms with Gasteiger partial charge in [0.1, 0.15) is 30.5 Å². The van der Waals surface area contributed by atoms with Crippen molar-refractivity contribution in [3.63, 3.8) is 0 Å². The molecule has 1 rings (SSSR count). The van der Waals surface area contributed by atoms with Gasteiger partial charge in [-0.05, 0) is 77.0 Å². The largest absolute Gasteiger partial charge is 0.457 e. The van der Waals surface area contributed by atoms with Gasteiger partial charge < -0.3 is 34.3 Å². The average Bonchev–Trinajstić information content (AvgIpc) is 3.34. The number of rotatable bonds is 50. The standard InChI is InChI=1S/C57H104O12S/c1-3-5-7-9-11-13-15-17-19-21-23-24-25-26-27-29-31-33-35-37-39-41-43-45-47-65-49-51(50-66-57-55(61)56(69-70(62,63)64)54(60)52(48-58)68-57)67-53(59)46-44-42-40-38-36-34-32-30-28-22-20-18-16-14-12-10-8-6-4-2/h15,17-18,20-21,23,25-26,51-52,54-58,60-61H,3-14,16,19,22,24,27-50H2,1-2H3,(H,62,63,64)/b17-15-,20-18-,23-21-,26-25-. The molecule has 6 unspecified atom stereocenters. The van der Waals surface area contributed by atoms with E-state index in [4.69, 9.17) is 18.9 Å². The molecule has 0 amide bonds. The number of allylic oxidation sites excluding steroid dienone is 8. The molecule has 1 fully saturated rings. The molecule has 1 aliphatic rings. The van der Waals surface area contributed by atoms with Crippen LogP contribution in [-0.4, -0.2) is 97.5 Å². The molecule has 0 spiro atoms. The second-order valence-electron chi connectivity index (χ2n) is 19.5. The lowest BCUT2D eigenvalue weighted by molar-refractivity contribution is -0.301. The summed E-state index contributed by atoms with van der Waals surface area (Å²) in [5.41, 5.74) is 0. The molecule has 13 heteroatoms. The molecular weight excluding hydrogens is 909 g/mol. The van der Waals surface area contributed by atoms with Crippen molar-refractivity contribution in [2.45, 2.75) is 282 Å². The summed E-state index contributed by atoms with van der Waals surface area (Å²) in [7, 11) is -5.07. The molecule has 0 aliphatic carbocycles. The maximum atomic E-state index is 12.9. The van der Waals surface area contributed by atoms with E-state index in [1.54, 1.807) is 0 Å². The molecule has 410 valence electrons. The highest BCUT2D eigenvalue weighted by Gasteiger charge is 2.48. The predicted molar refractivity (Wildman–Crippen MR) is 285 cm³/mol. The molecule has 12 nitrogen and oxygen atoms in total. The van der Waals surface area contributed by atoms with Gasteiger partial charge in [-0.2, -0.15) is 8.42 Å². The van der Waals surface area contributed by atoms with Gasteiger partial charge in [0.15, 0.2) is 6.29 Å². The first-order chi connectivity index (χ1) is 34.1. The third-order valence-electron chi connectivity index (χ3n) is 12.9. The fraction of sp³-hybridized carbons (Fsp3) is 0.842. The number of esters is 1. The molecule has 4 N–H and O–H groups in total. The van der Waals surface area contributed by atoms with Crippen LogP contribution in [-0.2, 0) is 38.3 Å². The number of aliphatic hydroxyl groups is 3. The van der Waals surface area contributed by atoms with Crippen molar-refractivity contribution in [1.82, 2.24) is 0 Å². The number of unbranched alkanes of at least 4 members (excludes halogenated alkanes) is 29. The third-order valence-corrected chi connectivity index (χ3v) is 13.4. The minimum absolute atomic E-state index is 0.0316. The minimum Gasteiger partial charge on any atom is -0.457 e. The van der Waals surface area contributed by atoms with E-state index in [1.165, 1.54) is 161 Å². The first-order valence-electron chi connectivity index (χ1n) is 28.4. The Morgan fingerprint density at radius 1 is 0.543 bits per heavy atom. The lowest BCUT2D eigenvalue weighted by atomic mass is 9.99. The molecule has 0 radical (unpaired) electrons. The Labute approximate surface area is 427 Å². The number of carbonyl (C=O) groups excluding carboxylic acids is 1. The van der Waals surface area contributed by atoms with Crippen molar-refractivity contribution in [3.05, 3.63) is 48.6 Å². The van der Waals surface area contributed by atoms with E-state index in [0.29, 0.717) is 13.0 Å². The Kier molecular flexibility index (Phi) is 45.3. The summed E-state index contributed by atoms with van der Waals surface area (Å²) < 4.78 is 59.4. The van der Waals surface area contributed by atoms with Crippen LogP contribution in [0.3, 0.4) is 0 Å². The smallest absolute Gasteiger partial charge is 0.397 e. The lowest BCUT2D eigenvalue weighted by Crippen LogP contribution is -2.60. The van der Waals surface area contributed by atoms with Crippen LogP contribution in [0.2, 0.25) is 0 Å². The predicted octanol–water partition coefficient (Wildman–Crippen LogP) is 13.9. The summed E-state index contributed by atoms with van der Waals surface area (Å²) in [6.45, 7) is 3.99. The van der Waals surface area contributed by atoms with Gasteiger partial charge in [0, 0.05) is 13.0 Å². The Balaban J connectivity index is 2.31. The SMILES string of the molecule is CCCCCCC/C=C\C/C=C\C/C=C\CCCCCCCCCCCOCC(COC1OC(CO)C(O)C(OS(=O)(=O)O)C1O)OC(=O)CCCCCCCCCCC/C=C\CCCCCCCC. The van der Waals surface area contributed by atoms with Crippen LogP contribution in [0.5, 0.6) is 0 Å². The fourth-order valence-corrected chi connectivity index (χ4v) is 9.13. The third kappa shape index (κ3) is 40.5. The summed E-state index contributed by atoms with van der Waals surface area (Å²) in [6.07, 6.45) is 51.4. The zero-order valence-corrected chi connectivity index (χ0v) is 45.1. The first-order valence-corrected chi connectivity index (χ1v) is 29.8. The van der Waals surface area contributed by atoms with Crippen LogP contribution in [0.4, 0.5) is 0 Å². The Morgan fingerprint density at radius 3 is 1.39 bits per heavy atom. The Bertz CT molecular complexity index is 1400. The van der Waals surface area contributed by atoms with E-state index in [2.05, 4.69) is 66.6 Å². The van der Waals surface area contributed by atoms with Gasteiger partial charge in [0.05, 0.1) is 19.8 Å². The molecular formula is C57H104O12S. The molecule has 6 atom stereocenters. The van der Waals surface area contributed by atoms with E-state index >= 15 is 0 Å². The van der Waals surface area contributed by atoms with Crippen LogP contribution in [0, 0.1) is 0 Å². The molecule has 0 aromatic carbocycles. The maximum Gasteiger partial charge on any atom is 0.397 e. The van der Waals surface area contributed by atoms with Crippen molar-refractivity contribution in [2.24, 2.45) is 0 Å². The normalized spacial score (nSPS) is 19.4. The summed E-state index contributed by atoms with van der Waals surface area (Å²) in [5, 5.41) is 30.8. The van der Waals surface area contributed by atoms with Crippen molar-refractivity contribution >= 4 is 16.4 Å². The highest BCUT2D eigenvalue weighted by Crippen LogP contribution is 2.26. The number of carbonyl (C=O) groups is 1. The van der Waals surface area contributed by atoms with Crippen molar-refractivity contribution in [1.29, 1.82) is 0 Å². The Morgan fingerprint density at radius 2 is 0.943 bits per heavy atom. The van der Waals surface area contributed by atoms with E-state index in [1.807, 2.05) is 0 Å². The van der Waals surface area contributed by atoms with Crippen molar-refractivity contribution in [3.8, 4) is 0 Å². The number of ether oxygens (including phenoxy) is 4. The molecule has 0 saturated carbocycles. The van der Waals surface area contributed by atoms with Gasteiger partial charge in [-0.3, -0.25) is 9.35 Å². The first kappa shape index (κ1) is 66.1. The van der Waals surface area contributed by atoms with Crippen LogP contribution in [0.1, 0.15) is 245 Å². The van der Waals surface area contributed by atoms with Crippen molar-refractivity contribution in [2.75, 3.05) is 26.4 Å². The van der Waals surface area contributed by atoms with Gasteiger partial charge in [-0.25, -0.2) is 4.18 Å². The van der Waals surface area contributed by atoms with Crippen LogP contribution in [0.25, 0.3) is 0 Å². The van der Waals surface area contributed by atoms with Crippen LogP contribution < -0.4 is 0 Å². The molecule has 1 saturated heterocycles. The molecule has 0 aromatic rings. The highest BCUT2D eigenvalue weighted by molar-refractivity contribution is 7.80. The van der Waals surface area contributed by atoms with Gasteiger partial charge in [0.2, 0.25) is 0 Å². The average molecular weight is 1010 g/mol. The summed E-state index contributed by atoms with van der Waals surface area (Å²) in [6, 6.07) is 0. The van der Waals surface area contributed by atoms with Crippen molar-refractivity contribution < 1.29 is 56.2 Å². The second kappa shape index (κ2) is 48.0. The van der Waals surface area contributed by atoms with Crippen LogP contribution >= 0.6 is 0 Å². The van der Waals surface area contributed by atoms with Crippen LogP contribution in [0.15, 0.2) is 48.6 Å². The van der Waals surface area contributed by atoms with Gasteiger partial charge in [-0.1, -0.05) is 210 Å². The van der Waals surface area contributed by atoms with E-state index in [9.17, 15) is 33.1 Å². The summed E-state index contributed by atoms with van der Waals surface area (Å²) in [5.74, 6) is -0.402. The summed E-state index contributed by atoms with van der Waals surface area (Å²) in [4.78, 5) is 12.9. The molecule has 1 heterocycles. The fourth-order valence-electron chi connectivity index (χ4n) is 8.62. The zero-order chi connectivity index (χ0) is 51.0. The molecule has 0 aromatic heterocycles. The number of hydrogen-bond acceptors (Lipinski definition) is 11. The monoisotopic (exact) mass is 1010 g/mol. The van der Waals surface area contributed by atoms with Gasteiger partial charge in [0.25, 0.3) is 0 Å². The molecule has 1 aliphatic heterocycles. The minimum atomic E-state index is -5.07. The van der Waals surface area contributed by atoms with E-state index < -0.39 is 59.8 Å². The highest BCUT2D eigenvalue weighted by atomic mass is 32.3. The number of aliphatic hydroxyl groups excluding tert-OH is 3. The lowest BCUT2D eigenvalue weighted by Gasteiger charge is -2.41. The topological polar surface area (TPSA) is 178 Å². The van der Waals surface area contributed by atoms with E-state index in [0.717, 1.165) is 57.8 Å². The molecule has 70 heavy (non-hydrogen) atoms. The maximum absolute atomic E-state index is 12.9. The zero-order valence-electron chi connectivity index (χ0n) is 44.3. The van der Waals surface area contributed by atoms with Gasteiger partial charge in [-0.15, -0.1) is 0 Å². The Hall–Kier alpha value is -1.94. The second-order valence-corrected chi connectivity index (χ2v) is 20.6. The quantitative estimate of drug-likeness (QED) is 0.0196. The molecule has 0 bridgehead atoms. The number of hydrogen-bond donors (Lipinski definition) is 4. The summed E-state index contributed by atoms with van der Waals surface area (Å²) >= 11 is 0.